The number of benzene rings is 2. The summed E-state index contributed by atoms with van der Waals surface area (Å²) >= 11 is 0. The normalized spacial score (nSPS) is 15.7. The Bertz CT molecular complexity index is 666. The first kappa shape index (κ1) is 14.1. The highest BCUT2D eigenvalue weighted by molar-refractivity contribution is 5.71. The second-order valence-electron chi connectivity index (χ2n) is 5.74. The molecule has 2 aromatic rings. The van der Waals surface area contributed by atoms with E-state index in [4.69, 9.17) is 0 Å². The maximum atomic E-state index is 14.1. The molecule has 0 bridgehead atoms. The molecule has 0 unspecified atom stereocenters. The topological polar surface area (TPSA) is 23.5 Å². The van der Waals surface area contributed by atoms with Crippen molar-refractivity contribution >= 4 is 11.4 Å². The molecule has 1 heterocycles. The van der Waals surface area contributed by atoms with Gasteiger partial charge in [-0.15, -0.1) is 0 Å². The van der Waals surface area contributed by atoms with Crippen LogP contribution in [0.4, 0.5) is 15.8 Å². The number of anilines is 2. The summed E-state index contributed by atoms with van der Waals surface area (Å²) in [6, 6.07) is 11.4. The molecule has 0 saturated heterocycles. The smallest absolute Gasteiger partial charge is 0.131 e. The molecule has 1 aliphatic heterocycles. The van der Waals surface area contributed by atoms with Crippen molar-refractivity contribution in [1.29, 1.82) is 0 Å². The summed E-state index contributed by atoms with van der Waals surface area (Å²) in [4.78, 5) is 2.13. The van der Waals surface area contributed by atoms with Crippen LogP contribution in [0.2, 0.25) is 0 Å². The molecule has 0 spiro atoms. The van der Waals surface area contributed by atoms with E-state index in [0.29, 0.717) is 5.56 Å². The number of rotatable bonds is 2. The largest absolute Gasteiger partial charge is 0.389 e. The predicted molar refractivity (Wildman–Crippen MR) is 83.5 cm³/mol. The van der Waals surface area contributed by atoms with Gasteiger partial charge in [0.05, 0.1) is 6.10 Å². The number of nitrogens with zero attached hydrogens (tertiary/aromatic N) is 1. The maximum Gasteiger partial charge on any atom is 0.131 e. The first-order chi connectivity index (χ1) is 10.1. The molecule has 1 aliphatic rings. The Morgan fingerprint density at radius 2 is 2.00 bits per heavy atom. The molecule has 3 rings (SSSR count). The quantitative estimate of drug-likeness (QED) is 0.890. The van der Waals surface area contributed by atoms with Crippen LogP contribution < -0.4 is 4.90 Å². The SMILES string of the molecule is Cc1ccc2c(c1)CCCN2c1cccc(F)c1[C@@H](C)O. The van der Waals surface area contributed by atoms with Crippen molar-refractivity contribution in [2.75, 3.05) is 11.4 Å². The highest BCUT2D eigenvalue weighted by atomic mass is 19.1. The van der Waals surface area contributed by atoms with Crippen LogP contribution in [-0.2, 0) is 6.42 Å². The van der Waals surface area contributed by atoms with Crippen molar-refractivity contribution in [3.05, 3.63) is 58.9 Å². The minimum Gasteiger partial charge on any atom is -0.389 e. The van der Waals surface area contributed by atoms with E-state index in [2.05, 4.69) is 30.0 Å². The summed E-state index contributed by atoms with van der Waals surface area (Å²) in [5.41, 5.74) is 4.81. The van der Waals surface area contributed by atoms with Gasteiger partial charge in [-0.2, -0.15) is 0 Å². The monoisotopic (exact) mass is 285 g/mol. The fourth-order valence-corrected chi connectivity index (χ4v) is 3.15. The van der Waals surface area contributed by atoms with Gasteiger partial charge < -0.3 is 10.0 Å². The molecule has 21 heavy (non-hydrogen) atoms. The summed E-state index contributed by atoms with van der Waals surface area (Å²) in [5.74, 6) is -0.346. The molecule has 110 valence electrons. The standard InChI is InChI=1S/C18H20FNO/c1-12-8-9-16-14(11-12)5-4-10-20(16)17-7-3-6-15(19)18(17)13(2)21/h3,6-9,11,13,21H,4-5,10H2,1-2H3/t13-/m1/s1. The average molecular weight is 285 g/mol. The Morgan fingerprint density at radius 1 is 1.19 bits per heavy atom. The van der Waals surface area contributed by atoms with Gasteiger partial charge in [-0.3, -0.25) is 0 Å². The Morgan fingerprint density at radius 3 is 2.76 bits per heavy atom. The highest BCUT2D eigenvalue weighted by Gasteiger charge is 2.23. The third-order valence-corrected chi connectivity index (χ3v) is 4.09. The number of fused-ring (bicyclic) bond motifs is 1. The van der Waals surface area contributed by atoms with Crippen molar-refractivity contribution in [1.82, 2.24) is 0 Å². The summed E-state index contributed by atoms with van der Waals surface area (Å²) in [6.45, 7) is 4.55. The molecule has 1 N–H and O–H groups in total. The molecule has 2 aromatic carbocycles. The third kappa shape index (κ3) is 2.54. The van der Waals surface area contributed by atoms with Gasteiger partial charge in [0.2, 0.25) is 0 Å². The van der Waals surface area contributed by atoms with E-state index in [0.717, 1.165) is 30.8 Å². The number of aliphatic hydroxyl groups is 1. The molecule has 0 aliphatic carbocycles. The van der Waals surface area contributed by atoms with E-state index < -0.39 is 6.10 Å². The van der Waals surface area contributed by atoms with Crippen LogP contribution in [0.1, 0.15) is 36.1 Å². The summed E-state index contributed by atoms with van der Waals surface area (Å²) < 4.78 is 14.1. The van der Waals surface area contributed by atoms with E-state index in [1.165, 1.54) is 17.2 Å². The molecule has 0 fully saturated rings. The van der Waals surface area contributed by atoms with Crippen molar-refractivity contribution < 1.29 is 9.50 Å². The molecular formula is C18H20FNO. The van der Waals surface area contributed by atoms with Crippen LogP contribution in [0.5, 0.6) is 0 Å². The van der Waals surface area contributed by atoms with Gasteiger partial charge in [0.25, 0.3) is 0 Å². The van der Waals surface area contributed by atoms with Crippen LogP contribution in [0.3, 0.4) is 0 Å². The lowest BCUT2D eigenvalue weighted by molar-refractivity contribution is 0.194. The third-order valence-electron chi connectivity index (χ3n) is 4.09. The molecule has 2 nitrogen and oxygen atoms in total. The molecule has 0 aromatic heterocycles. The van der Waals surface area contributed by atoms with Crippen LogP contribution in [-0.4, -0.2) is 11.7 Å². The number of aryl methyl sites for hydroxylation is 2. The van der Waals surface area contributed by atoms with E-state index in [9.17, 15) is 9.50 Å². The van der Waals surface area contributed by atoms with Crippen molar-refractivity contribution in [2.45, 2.75) is 32.8 Å². The summed E-state index contributed by atoms with van der Waals surface area (Å²) in [7, 11) is 0. The lowest BCUT2D eigenvalue weighted by atomic mass is 9.97. The van der Waals surface area contributed by atoms with Gasteiger partial charge in [-0.25, -0.2) is 4.39 Å². The van der Waals surface area contributed by atoms with Crippen LogP contribution >= 0.6 is 0 Å². The van der Waals surface area contributed by atoms with Crippen molar-refractivity contribution in [3.8, 4) is 0 Å². The fourth-order valence-electron chi connectivity index (χ4n) is 3.15. The Hall–Kier alpha value is -1.87. The Balaban J connectivity index is 2.13. The van der Waals surface area contributed by atoms with Gasteiger partial charge >= 0.3 is 0 Å². The number of hydrogen-bond acceptors (Lipinski definition) is 2. The molecule has 1 atom stereocenters. The highest BCUT2D eigenvalue weighted by Crippen LogP contribution is 2.38. The Kier molecular flexibility index (Phi) is 3.68. The second-order valence-corrected chi connectivity index (χ2v) is 5.74. The lowest BCUT2D eigenvalue weighted by Crippen LogP contribution is -2.26. The van der Waals surface area contributed by atoms with Crippen molar-refractivity contribution in [2.24, 2.45) is 0 Å². The predicted octanol–water partition coefficient (Wildman–Crippen LogP) is 4.27. The zero-order valence-electron chi connectivity index (χ0n) is 12.4. The molecule has 0 amide bonds. The van der Waals surface area contributed by atoms with E-state index in [1.54, 1.807) is 13.0 Å². The molecule has 0 radical (unpaired) electrons. The van der Waals surface area contributed by atoms with Gasteiger partial charge in [0.15, 0.2) is 0 Å². The zero-order valence-corrected chi connectivity index (χ0v) is 12.4. The minimum absolute atomic E-state index is 0.346. The zero-order chi connectivity index (χ0) is 15.0. The van der Waals surface area contributed by atoms with Gasteiger partial charge in [0, 0.05) is 23.5 Å². The van der Waals surface area contributed by atoms with E-state index in [1.807, 2.05) is 6.07 Å². The fraction of sp³-hybridized carbons (Fsp3) is 0.333. The average Bonchev–Trinajstić information content (AvgIpc) is 2.45. The minimum atomic E-state index is -0.822. The van der Waals surface area contributed by atoms with Gasteiger partial charge in [-0.05, 0) is 50.5 Å². The number of hydrogen-bond donors (Lipinski definition) is 1. The maximum absolute atomic E-state index is 14.1. The van der Waals surface area contributed by atoms with Crippen LogP contribution in [0.25, 0.3) is 0 Å². The molecule has 0 saturated carbocycles. The van der Waals surface area contributed by atoms with E-state index >= 15 is 0 Å². The first-order valence-corrected chi connectivity index (χ1v) is 7.41. The lowest BCUT2D eigenvalue weighted by Gasteiger charge is -2.33. The van der Waals surface area contributed by atoms with Crippen LogP contribution in [0, 0.1) is 12.7 Å². The van der Waals surface area contributed by atoms with E-state index in [-0.39, 0.29) is 5.82 Å². The second kappa shape index (κ2) is 5.49. The first-order valence-electron chi connectivity index (χ1n) is 7.41. The van der Waals surface area contributed by atoms with Gasteiger partial charge in [-0.1, -0.05) is 23.8 Å². The number of aliphatic hydroxyl groups excluding tert-OH is 1. The van der Waals surface area contributed by atoms with Crippen molar-refractivity contribution in [3.63, 3.8) is 0 Å². The van der Waals surface area contributed by atoms with Gasteiger partial charge in [0.1, 0.15) is 5.82 Å². The molecular weight excluding hydrogens is 265 g/mol. The number of halogens is 1. The summed E-state index contributed by atoms with van der Waals surface area (Å²) in [5, 5.41) is 9.94. The summed E-state index contributed by atoms with van der Waals surface area (Å²) in [6.07, 6.45) is 1.26. The molecule has 3 heteroatoms. The van der Waals surface area contributed by atoms with Crippen LogP contribution in [0.15, 0.2) is 36.4 Å². The Labute approximate surface area is 124 Å².